The Morgan fingerprint density at radius 2 is 1.79 bits per heavy atom. The highest BCUT2D eigenvalue weighted by Crippen LogP contribution is 2.33. The average Bonchev–Trinajstić information content (AvgIpc) is 2.44. The van der Waals surface area contributed by atoms with Gasteiger partial charge in [0.1, 0.15) is 12.0 Å². The smallest absolute Gasteiger partial charge is 0.139 e. The highest BCUT2D eigenvalue weighted by molar-refractivity contribution is 6.34. The molecule has 0 fully saturated rings. The van der Waals surface area contributed by atoms with Crippen LogP contribution >= 0.6 is 11.6 Å². The van der Waals surface area contributed by atoms with E-state index in [1.807, 2.05) is 60.5 Å². The van der Waals surface area contributed by atoms with Gasteiger partial charge in [-0.1, -0.05) is 41.9 Å². The molecule has 3 nitrogen and oxygen atoms in total. The minimum atomic E-state index is -0.208. The van der Waals surface area contributed by atoms with Gasteiger partial charge in [-0.15, -0.1) is 0 Å². The van der Waals surface area contributed by atoms with Gasteiger partial charge in [-0.05, 0) is 18.2 Å². The zero-order chi connectivity index (χ0) is 13.4. The van der Waals surface area contributed by atoms with Crippen LogP contribution in [-0.4, -0.2) is 17.8 Å². The van der Waals surface area contributed by atoms with Gasteiger partial charge >= 0.3 is 0 Å². The predicted molar refractivity (Wildman–Crippen MR) is 78.8 cm³/mol. The summed E-state index contributed by atoms with van der Waals surface area (Å²) >= 11 is 6.25. The number of halogens is 1. The van der Waals surface area contributed by atoms with Crippen LogP contribution in [-0.2, 0) is 0 Å². The van der Waals surface area contributed by atoms with Crippen molar-refractivity contribution in [2.75, 3.05) is 7.05 Å². The summed E-state index contributed by atoms with van der Waals surface area (Å²) in [6.07, 6.45) is -0.208. The van der Waals surface area contributed by atoms with Gasteiger partial charge in [0.2, 0.25) is 0 Å². The van der Waals surface area contributed by atoms with E-state index in [9.17, 15) is 0 Å². The molecule has 0 saturated heterocycles. The first kappa shape index (κ1) is 12.2. The number of rotatable bonds is 1. The standard InChI is InChI=1S/C15H14ClN3/c1-19-14(17)11-7-3-5-9-13(11)18-15(19)10-6-2-4-8-12(10)16/h2-9,14H,17H2,1H3/t14-/m0/s1. The van der Waals surface area contributed by atoms with Crippen molar-refractivity contribution in [2.24, 2.45) is 10.7 Å². The van der Waals surface area contributed by atoms with Gasteiger partial charge in [-0.2, -0.15) is 0 Å². The predicted octanol–water partition coefficient (Wildman–Crippen LogP) is 3.32. The van der Waals surface area contributed by atoms with Crippen LogP contribution in [0.5, 0.6) is 0 Å². The summed E-state index contributed by atoms with van der Waals surface area (Å²) in [5.74, 6) is 0.803. The molecule has 1 atom stereocenters. The van der Waals surface area contributed by atoms with E-state index < -0.39 is 0 Å². The van der Waals surface area contributed by atoms with Gasteiger partial charge in [0.05, 0.1) is 10.7 Å². The maximum Gasteiger partial charge on any atom is 0.139 e. The van der Waals surface area contributed by atoms with Gasteiger partial charge in [-0.3, -0.25) is 0 Å². The summed E-state index contributed by atoms with van der Waals surface area (Å²) < 4.78 is 0. The topological polar surface area (TPSA) is 41.6 Å². The summed E-state index contributed by atoms with van der Waals surface area (Å²) in [7, 11) is 1.93. The van der Waals surface area contributed by atoms with Crippen LogP contribution in [0.1, 0.15) is 17.3 Å². The fourth-order valence-corrected chi connectivity index (χ4v) is 2.49. The molecule has 0 saturated carbocycles. The Kier molecular flexibility index (Phi) is 3.01. The molecule has 96 valence electrons. The van der Waals surface area contributed by atoms with Gasteiger partial charge in [-0.25, -0.2) is 4.99 Å². The van der Waals surface area contributed by atoms with E-state index in [0.29, 0.717) is 5.02 Å². The molecule has 0 unspecified atom stereocenters. The maximum atomic E-state index is 6.27. The summed E-state index contributed by atoms with van der Waals surface area (Å²) in [5.41, 5.74) is 9.10. The van der Waals surface area contributed by atoms with Crippen LogP contribution in [0.15, 0.2) is 53.5 Å². The first-order chi connectivity index (χ1) is 9.18. The van der Waals surface area contributed by atoms with Crippen LogP contribution in [0, 0.1) is 0 Å². The molecule has 2 aromatic rings. The number of nitrogens with two attached hydrogens (primary N) is 1. The molecule has 1 aliphatic heterocycles. The third kappa shape index (κ3) is 2.01. The minimum absolute atomic E-state index is 0.208. The van der Waals surface area contributed by atoms with Crippen molar-refractivity contribution in [1.82, 2.24) is 4.90 Å². The molecule has 0 aromatic heterocycles. The van der Waals surface area contributed by atoms with Crippen molar-refractivity contribution >= 4 is 23.1 Å². The zero-order valence-electron chi connectivity index (χ0n) is 10.5. The lowest BCUT2D eigenvalue weighted by Gasteiger charge is -2.33. The number of fused-ring (bicyclic) bond motifs is 1. The Morgan fingerprint density at radius 1 is 1.11 bits per heavy atom. The van der Waals surface area contributed by atoms with Gasteiger partial charge in [0.25, 0.3) is 0 Å². The Hall–Kier alpha value is -1.84. The first-order valence-corrected chi connectivity index (χ1v) is 6.47. The molecule has 0 bridgehead atoms. The molecular weight excluding hydrogens is 258 g/mol. The lowest BCUT2D eigenvalue weighted by Crippen LogP contribution is -2.39. The van der Waals surface area contributed by atoms with Crippen LogP contribution in [0.3, 0.4) is 0 Å². The third-order valence-electron chi connectivity index (χ3n) is 3.35. The molecule has 3 rings (SSSR count). The molecule has 4 heteroatoms. The summed E-state index contributed by atoms with van der Waals surface area (Å²) in [4.78, 5) is 6.63. The number of nitrogens with zero attached hydrogens (tertiary/aromatic N) is 2. The molecule has 1 aliphatic rings. The largest absolute Gasteiger partial charge is 0.340 e. The number of hydrogen-bond acceptors (Lipinski definition) is 3. The average molecular weight is 272 g/mol. The molecule has 2 aromatic carbocycles. The van der Waals surface area contributed by atoms with Crippen molar-refractivity contribution in [3.05, 3.63) is 64.7 Å². The number of hydrogen-bond donors (Lipinski definition) is 1. The quantitative estimate of drug-likeness (QED) is 0.864. The number of para-hydroxylation sites is 1. The van der Waals surface area contributed by atoms with E-state index in [2.05, 4.69) is 4.99 Å². The first-order valence-electron chi connectivity index (χ1n) is 6.09. The van der Waals surface area contributed by atoms with E-state index in [1.54, 1.807) is 0 Å². The van der Waals surface area contributed by atoms with Crippen molar-refractivity contribution < 1.29 is 0 Å². The van der Waals surface area contributed by atoms with E-state index in [1.165, 1.54) is 0 Å². The fourth-order valence-electron chi connectivity index (χ4n) is 2.27. The van der Waals surface area contributed by atoms with Crippen LogP contribution in [0.4, 0.5) is 5.69 Å². The van der Waals surface area contributed by atoms with Gasteiger partial charge < -0.3 is 10.6 Å². The Labute approximate surface area is 117 Å². The molecule has 1 heterocycles. The third-order valence-corrected chi connectivity index (χ3v) is 3.68. The second kappa shape index (κ2) is 4.68. The van der Waals surface area contributed by atoms with Crippen molar-refractivity contribution in [3.63, 3.8) is 0 Å². The minimum Gasteiger partial charge on any atom is -0.340 e. The van der Waals surface area contributed by atoms with Gasteiger partial charge in [0.15, 0.2) is 0 Å². The second-order valence-electron chi connectivity index (χ2n) is 4.53. The number of amidine groups is 1. The Bertz CT molecular complexity index is 651. The highest BCUT2D eigenvalue weighted by atomic mass is 35.5. The number of aliphatic imine (C=N–C) groups is 1. The molecule has 2 N–H and O–H groups in total. The van der Waals surface area contributed by atoms with E-state index in [4.69, 9.17) is 17.3 Å². The second-order valence-corrected chi connectivity index (χ2v) is 4.94. The van der Waals surface area contributed by atoms with Crippen molar-refractivity contribution in [1.29, 1.82) is 0 Å². The van der Waals surface area contributed by atoms with Crippen LogP contribution in [0.2, 0.25) is 5.02 Å². The highest BCUT2D eigenvalue weighted by Gasteiger charge is 2.25. The summed E-state index contributed by atoms with van der Waals surface area (Å²) in [5, 5.41) is 0.680. The molecular formula is C15H14ClN3. The molecule has 0 aliphatic carbocycles. The SMILES string of the molecule is CN1C(c2ccccc2Cl)=Nc2ccccc2[C@H]1N. The van der Waals surface area contributed by atoms with Gasteiger partial charge in [0, 0.05) is 18.2 Å². The van der Waals surface area contributed by atoms with Crippen molar-refractivity contribution in [2.45, 2.75) is 6.17 Å². The Morgan fingerprint density at radius 3 is 2.58 bits per heavy atom. The molecule has 0 spiro atoms. The maximum absolute atomic E-state index is 6.27. The monoisotopic (exact) mass is 271 g/mol. The fraction of sp³-hybridized carbons (Fsp3) is 0.133. The molecule has 0 radical (unpaired) electrons. The van der Waals surface area contributed by atoms with E-state index in [0.717, 1.165) is 22.6 Å². The lowest BCUT2D eigenvalue weighted by atomic mass is 10.1. The molecule has 0 amide bonds. The zero-order valence-corrected chi connectivity index (χ0v) is 11.3. The molecule has 19 heavy (non-hydrogen) atoms. The van der Waals surface area contributed by atoms with Crippen molar-refractivity contribution in [3.8, 4) is 0 Å². The van der Waals surface area contributed by atoms with E-state index in [-0.39, 0.29) is 6.17 Å². The van der Waals surface area contributed by atoms with E-state index >= 15 is 0 Å². The summed E-state index contributed by atoms with van der Waals surface area (Å²) in [6.45, 7) is 0. The van der Waals surface area contributed by atoms with Crippen LogP contribution < -0.4 is 5.73 Å². The van der Waals surface area contributed by atoms with Crippen LogP contribution in [0.25, 0.3) is 0 Å². The summed E-state index contributed by atoms with van der Waals surface area (Å²) in [6, 6.07) is 15.6. The number of benzene rings is 2. The Balaban J connectivity index is 2.18. The lowest BCUT2D eigenvalue weighted by molar-refractivity contribution is 0.380. The normalized spacial score (nSPS) is 17.9.